The molecule has 2 aliphatic rings. The monoisotopic (exact) mass is 346 g/mol. The summed E-state index contributed by atoms with van der Waals surface area (Å²) in [7, 11) is 0. The topological polar surface area (TPSA) is 61.8 Å². The van der Waals surface area contributed by atoms with Gasteiger partial charge in [0.2, 0.25) is 5.91 Å². The quantitative estimate of drug-likeness (QED) is 0.792. The molecule has 138 valence electrons. The summed E-state index contributed by atoms with van der Waals surface area (Å²) in [6, 6.07) is 10.4. The summed E-state index contributed by atoms with van der Waals surface area (Å²) < 4.78 is 5.76. The zero-order valence-corrected chi connectivity index (χ0v) is 14.9. The maximum Gasteiger partial charge on any atom is 0.222 e. The van der Waals surface area contributed by atoms with Crippen LogP contribution in [0.3, 0.4) is 0 Å². The molecule has 1 aromatic carbocycles. The van der Waals surface area contributed by atoms with Gasteiger partial charge in [-0.25, -0.2) is 0 Å². The molecule has 1 saturated carbocycles. The fraction of sp³-hybridized carbons (Fsp3) is 0.650. The maximum atomic E-state index is 12.2. The van der Waals surface area contributed by atoms with E-state index in [1.807, 2.05) is 6.07 Å². The number of benzene rings is 1. The molecule has 0 bridgehead atoms. The number of carbonyl (C=O) groups excluding carboxylic acids is 1. The van der Waals surface area contributed by atoms with Gasteiger partial charge >= 0.3 is 0 Å². The number of amides is 1. The number of rotatable bonds is 7. The van der Waals surface area contributed by atoms with Crippen LogP contribution >= 0.6 is 0 Å². The van der Waals surface area contributed by atoms with E-state index in [1.54, 1.807) is 0 Å². The van der Waals surface area contributed by atoms with Crippen molar-refractivity contribution in [1.29, 1.82) is 0 Å². The van der Waals surface area contributed by atoms with Crippen molar-refractivity contribution in [2.45, 2.75) is 50.9 Å². The SMILES string of the molecule is O=C(C[C@@H]1CN(Cc2ccccc2)CCO1)NC[C@H](O)C1CCCC1. The van der Waals surface area contributed by atoms with Crippen molar-refractivity contribution in [3.05, 3.63) is 35.9 Å². The summed E-state index contributed by atoms with van der Waals surface area (Å²) in [6.07, 6.45) is 4.44. The zero-order valence-electron chi connectivity index (χ0n) is 14.9. The van der Waals surface area contributed by atoms with E-state index in [0.717, 1.165) is 32.5 Å². The molecule has 2 atom stereocenters. The molecule has 3 rings (SSSR count). The van der Waals surface area contributed by atoms with E-state index in [9.17, 15) is 9.90 Å². The van der Waals surface area contributed by atoms with E-state index < -0.39 is 6.10 Å². The summed E-state index contributed by atoms with van der Waals surface area (Å²) >= 11 is 0. The molecule has 5 heteroatoms. The average molecular weight is 346 g/mol. The lowest BCUT2D eigenvalue weighted by molar-refractivity contribution is -0.126. The van der Waals surface area contributed by atoms with Gasteiger partial charge in [-0.3, -0.25) is 9.69 Å². The number of nitrogens with zero attached hydrogens (tertiary/aromatic N) is 1. The number of nitrogens with one attached hydrogen (secondary N) is 1. The lowest BCUT2D eigenvalue weighted by atomic mass is 10.0. The van der Waals surface area contributed by atoms with Gasteiger partial charge in [-0.2, -0.15) is 0 Å². The molecule has 1 aliphatic heterocycles. The third-order valence-electron chi connectivity index (χ3n) is 5.34. The molecule has 1 aromatic rings. The van der Waals surface area contributed by atoms with E-state index in [-0.39, 0.29) is 12.0 Å². The van der Waals surface area contributed by atoms with Gasteiger partial charge in [-0.15, -0.1) is 0 Å². The highest BCUT2D eigenvalue weighted by atomic mass is 16.5. The molecule has 1 saturated heterocycles. The number of hydrogen-bond acceptors (Lipinski definition) is 4. The van der Waals surface area contributed by atoms with Crippen LogP contribution in [0.5, 0.6) is 0 Å². The number of morpholine rings is 1. The Bertz CT molecular complexity index is 531. The first-order chi connectivity index (χ1) is 12.2. The van der Waals surface area contributed by atoms with Gasteiger partial charge in [0.25, 0.3) is 0 Å². The van der Waals surface area contributed by atoms with E-state index in [1.165, 1.54) is 18.4 Å². The largest absolute Gasteiger partial charge is 0.391 e. The minimum atomic E-state index is -0.409. The second kappa shape index (κ2) is 9.32. The first-order valence-electron chi connectivity index (χ1n) is 9.53. The third kappa shape index (κ3) is 5.80. The summed E-state index contributed by atoms with van der Waals surface area (Å²) in [5.74, 6) is 0.330. The first kappa shape index (κ1) is 18.4. The Morgan fingerprint density at radius 2 is 2.04 bits per heavy atom. The van der Waals surface area contributed by atoms with Gasteiger partial charge in [-0.05, 0) is 24.3 Å². The summed E-state index contributed by atoms with van der Waals surface area (Å²) in [5, 5.41) is 13.0. The van der Waals surface area contributed by atoms with Crippen LogP contribution in [0.4, 0.5) is 0 Å². The van der Waals surface area contributed by atoms with Crippen LogP contribution < -0.4 is 5.32 Å². The predicted molar refractivity (Wildman–Crippen MR) is 97.1 cm³/mol. The van der Waals surface area contributed by atoms with Crippen LogP contribution in [0, 0.1) is 5.92 Å². The van der Waals surface area contributed by atoms with Crippen molar-refractivity contribution >= 4 is 5.91 Å². The molecule has 25 heavy (non-hydrogen) atoms. The molecule has 5 nitrogen and oxygen atoms in total. The fourth-order valence-corrected chi connectivity index (χ4v) is 3.90. The molecule has 1 amide bonds. The van der Waals surface area contributed by atoms with Crippen molar-refractivity contribution in [2.75, 3.05) is 26.2 Å². The number of hydrogen-bond donors (Lipinski definition) is 2. The number of aliphatic hydroxyl groups is 1. The van der Waals surface area contributed by atoms with E-state index in [4.69, 9.17) is 4.74 Å². The Labute approximate surface area is 150 Å². The zero-order chi connectivity index (χ0) is 17.5. The Morgan fingerprint density at radius 1 is 1.28 bits per heavy atom. The molecule has 0 spiro atoms. The van der Waals surface area contributed by atoms with Crippen molar-refractivity contribution in [2.24, 2.45) is 5.92 Å². The highest BCUT2D eigenvalue weighted by Crippen LogP contribution is 2.27. The van der Waals surface area contributed by atoms with Crippen molar-refractivity contribution in [3.8, 4) is 0 Å². The van der Waals surface area contributed by atoms with Gasteiger partial charge in [0.05, 0.1) is 25.2 Å². The Hall–Kier alpha value is -1.43. The lowest BCUT2D eigenvalue weighted by Gasteiger charge is -2.32. The van der Waals surface area contributed by atoms with E-state index in [0.29, 0.717) is 25.5 Å². The highest BCUT2D eigenvalue weighted by molar-refractivity contribution is 5.76. The van der Waals surface area contributed by atoms with Crippen molar-refractivity contribution < 1.29 is 14.6 Å². The van der Waals surface area contributed by atoms with E-state index >= 15 is 0 Å². The minimum Gasteiger partial charge on any atom is -0.391 e. The van der Waals surface area contributed by atoms with E-state index in [2.05, 4.69) is 34.5 Å². The fourth-order valence-electron chi connectivity index (χ4n) is 3.90. The van der Waals surface area contributed by atoms with Crippen LogP contribution in [-0.2, 0) is 16.1 Å². The molecular weight excluding hydrogens is 316 g/mol. The second-order valence-electron chi connectivity index (χ2n) is 7.33. The Kier molecular flexibility index (Phi) is 6.84. The molecular formula is C20H30N2O3. The van der Waals surface area contributed by atoms with Gasteiger partial charge in [0.1, 0.15) is 0 Å². The molecule has 2 N–H and O–H groups in total. The minimum absolute atomic E-state index is 0.0244. The predicted octanol–water partition coefficient (Wildman–Crippen LogP) is 1.94. The molecule has 1 heterocycles. The molecule has 0 aromatic heterocycles. The van der Waals surface area contributed by atoms with Gasteiger partial charge in [-0.1, -0.05) is 43.2 Å². The highest BCUT2D eigenvalue weighted by Gasteiger charge is 2.25. The van der Waals surface area contributed by atoms with Gasteiger partial charge < -0.3 is 15.2 Å². The molecule has 0 unspecified atom stereocenters. The smallest absolute Gasteiger partial charge is 0.222 e. The second-order valence-corrected chi connectivity index (χ2v) is 7.33. The standard InChI is InChI=1S/C20H30N2O3/c23-19(17-8-4-5-9-17)13-21-20(24)12-18-15-22(10-11-25-18)14-16-6-2-1-3-7-16/h1-3,6-7,17-19,23H,4-5,8-15H2,(H,21,24)/t18-,19+/m1/s1. The lowest BCUT2D eigenvalue weighted by Crippen LogP contribution is -2.45. The average Bonchev–Trinajstić information content (AvgIpc) is 3.16. The number of ether oxygens (including phenoxy) is 1. The van der Waals surface area contributed by atoms with Crippen LogP contribution in [0.1, 0.15) is 37.7 Å². The Morgan fingerprint density at radius 3 is 2.80 bits per heavy atom. The van der Waals surface area contributed by atoms with Crippen LogP contribution in [0.25, 0.3) is 0 Å². The number of carbonyl (C=O) groups is 1. The molecule has 2 fully saturated rings. The summed E-state index contributed by atoms with van der Waals surface area (Å²) in [4.78, 5) is 14.5. The van der Waals surface area contributed by atoms with Crippen molar-refractivity contribution in [1.82, 2.24) is 10.2 Å². The summed E-state index contributed by atoms with van der Waals surface area (Å²) in [5.41, 5.74) is 1.28. The normalized spacial score (nSPS) is 23.5. The van der Waals surface area contributed by atoms with Crippen LogP contribution in [-0.4, -0.2) is 54.4 Å². The first-order valence-corrected chi connectivity index (χ1v) is 9.53. The number of aliphatic hydroxyl groups excluding tert-OH is 1. The Balaban J connectivity index is 1.38. The maximum absolute atomic E-state index is 12.2. The van der Waals surface area contributed by atoms with Crippen LogP contribution in [0.15, 0.2) is 30.3 Å². The van der Waals surface area contributed by atoms with Crippen LogP contribution in [0.2, 0.25) is 0 Å². The van der Waals surface area contributed by atoms with Gasteiger partial charge in [0.15, 0.2) is 0 Å². The molecule has 0 radical (unpaired) electrons. The van der Waals surface area contributed by atoms with Crippen molar-refractivity contribution in [3.63, 3.8) is 0 Å². The van der Waals surface area contributed by atoms with Gasteiger partial charge in [0, 0.05) is 26.2 Å². The molecule has 1 aliphatic carbocycles. The third-order valence-corrected chi connectivity index (χ3v) is 5.34. The summed E-state index contributed by atoms with van der Waals surface area (Å²) in [6.45, 7) is 3.59.